The van der Waals surface area contributed by atoms with Crippen molar-refractivity contribution in [2.24, 2.45) is 0 Å². The van der Waals surface area contributed by atoms with Gasteiger partial charge in [0.25, 0.3) is 11.8 Å². The number of nitrogens with one attached hydrogen (secondary N) is 1. The number of fused-ring (bicyclic) bond motifs is 2. The minimum atomic E-state index is -0.408. The Bertz CT molecular complexity index is 1320. The van der Waals surface area contributed by atoms with Crippen molar-refractivity contribution in [2.75, 3.05) is 10.6 Å². The van der Waals surface area contributed by atoms with Crippen LogP contribution in [0.25, 0.3) is 23.1 Å². The highest BCUT2D eigenvalue weighted by Gasteiger charge is 2.38. The number of nitrogens with zero attached hydrogens (tertiary/aromatic N) is 2. The number of benzene rings is 3. The van der Waals surface area contributed by atoms with Crippen LogP contribution >= 0.6 is 0 Å². The Labute approximate surface area is 166 Å². The van der Waals surface area contributed by atoms with Gasteiger partial charge in [-0.3, -0.25) is 14.7 Å². The standard InChI is InChI=1S/C23H16N4O2/c24-17-9-5-8-16-21(17)23(29)27(22(16)28)20-11-4-1-6-14(20)12-13-19-15-7-2-3-10-18(15)25-26-19/h1-13H,24H2,(H,25,26)/b13-12+. The second-order valence-electron chi connectivity index (χ2n) is 6.76. The molecular weight excluding hydrogens is 364 g/mol. The van der Waals surface area contributed by atoms with Gasteiger partial charge in [0.2, 0.25) is 0 Å². The molecule has 3 N–H and O–H groups in total. The predicted octanol–water partition coefficient (Wildman–Crippen LogP) is 4.12. The molecule has 1 aliphatic rings. The van der Waals surface area contributed by atoms with E-state index in [1.807, 2.05) is 48.6 Å². The zero-order valence-electron chi connectivity index (χ0n) is 15.3. The molecule has 3 aromatic carbocycles. The van der Waals surface area contributed by atoms with Crippen molar-refractivity contribution < 1.29 is 9.59 Å². The lowest BCUT2D eigenvalue weighted by molar-refractivity contribution is 0.0926. The summed E-state index contributed by atoms with van der Waals surface area (Å²) in [5.41, 5.74) is 9.80. The third-order valence-corrected chi connectivity index (χ3v) is 5.05. The average molecular weight is 380 g/mol. The number of nitrogen functional groups attached to an aromatic ring is 1. The number of imide groups is 1. The first-order valence-corrected chi connectivity index (χ1v) is 9.12. The molecule has 0 atom stereocenters. The van der Waals surface area contributed by atoms with Gasteiger partial charge in [-0.2, -0.15) is 5.10 Å². The molecule has 0 saturated heterocycles. The van der Waals surface area contributed by atoms with Gasteiger partial charge in [0, 0.05) is 11.1 Å². The third kappa shape index (κ3) is 2.62. The fraction of sp³-hybridized carbons (Fsp3) is 0. The van der Waals surface area contributed by atoms with Gasteiger partial charge < -0.3 is 5.73 Å². The molecule has 0 spiro atoms. The molecule has 29 heavy (non-hydrogen) atoms. The first-order chi connectivity index (χ1) is 14.1. The number of amides is 2. The quantitative estimate of drug-likeness (QED) is 0.413. The van der Waals surface area contributed by atoms with E-state index in [1.165, 1.54) is 4.90 Å². The molecule has 2 heterocycles. The van der Waals surface area contributed by atoms with Crippen molar-refractivity contribution in [3.8, 4) is 0 Å². The minimum Gasteiger partial charge on any atom is -0.398 e. The molecule has 5 rings (SSSR count). The van der Waals surface area contributed by atoms with Gasteiger partial charge in [0.1, 0.15) is 0 Å². The molecule has 0 bridgehead atoms. The number of carbonyl (C=O) groups is 2. The average Bonchev–Trinajstić information content (AvgIpc) is 3.26. The van der Waals surface area contributed by atoms with Crippen LogP contribution in [0.1, 0.15) is 32.0 Å². The van der Waals surface area contributed by atoms with Crippen molar-refractivity contribution in [3.05, 3.63) is 89.1 Å². The van der Waals surface area contributed by atoms with E-state index in [0.717, 1.165) is 22.2 Å². The number of H-pyrrole nitrogens is 1. The summed E-state index contributed by atoms with van der Waals surface area (Å²) in [5.74, 6) is -0.780. The van der Waals surface area contributed by atoms with Crippen LogP contribution < -0.4 is 10.6 Å². The highest BCUT2D eigenvalue weighted by molar-refractivity contribution is 6.36. The van der Waals surface area contributed by atoms with Crippen LogP contribution in [0.5, 0.6) is 0 Å². The van der Waals surface area contributed by atoms with Gasteiger partial charge >= 0.3 is 0 Å². The van der Waals surface area contributed by atoms with E-state index in [4.69, 9.17) is 5.73 Å². The van der Waals surface area contributed by atoms with Crippen LogP contribution in [-0.2, 0) is 0 Å². The van der Waals surface area contributed by atoms with Gasteiger partial charge in [-0.25, -0.2) is 4.90 Å². The van der Waals surface area contributed by atoms with Crippen molar-refractivity contribution in [1.82, 2.24) is 10.2 Å². The van der Waals surface area contributed by atoms with Crippen molar-refractivity contribution in [2.45, 2.75) is 0 Å². The van der Waals surface area contributed by atoms with Crippen LogP contribution in [0.3, 0.4) is 0 Å². The number of aromatic nitrogens is 2. The monoisotopic (exact) mass is 380 g/mol. The number of hydrogen-bond acceptors (Lipinski definition) is 4. The van der Waals surface area contributed by atoms with E-state index >= 15 is 0 Å². The Balaban J connectivity index is 1.57. The molecule has 0 unspecified atom stereocenters. The number of anilines is 2. The Morgan fingerprint density at radius 3 is 2.52 bits per heavy atom. The highest BCUT2D eigenvalue weighted by Crippen LogP contribution is 2.34. The summed E-state index contributed by atoms with van der Waals surface area (Å²) in [6.07, 6.45) is 3.72. The van der Waals surface area contributed by atoms with Gasteiger partial charge in [-0.1, -0.05) is 48.5 Å². The van der Waals surface area contributed by atoms with Crippen LogP contribution in [-0.4, -0.2) is 22.0 Å². The number of carbonyl (C=O) groups excluding carboxylic acids is 2. The molecule has 140 valence electrons. The third-order valence-electron chi connectivity index (χ3n) is 5.05. The van der Waals surface area contributed by atoms with Crippen molar-refractivity contribution >= 4 is 46.2 Å². The number of hydrogen-bond donors (Lipinski definition) is 2. The van der Waals surface area contributed by atoms with E-state index in [1.54, 1.807) is 30.3 Å². The van der Waals surface area contributed by atoms with Gasteiger partial charge in [-0.15, -0.1) is 0 Å². The molecule has 0 saturated carbocycles. The number of rotatable bonds is 3. The largest absolute Gasteiger partial charge is 0.398 e. The molecule has 0 aliphatic carbocycles. The molecule has 0 fully saturated rings. The van der Waals surface area contributed by atoms with Crippen molar-refractivity contribution in [1.29, 1.82) is 0 Å². The summed E-state index contributed by atoms with van der Waals surface area (Å²) in [6.45, 7) is 0. The Kier molecular flexibility index (Phi) is 3.77. The van der Waals surface area contributed by atoms with E-state index in [2.05, 4.69) is 10.2 Å². The van der Waals surface area contributed by atoms with Crippen molar-refractivity contribution in [3.63, 3.8) is 0 Å². The summed E-state index contributed by atoms with van der Waals surface area (Å²) in [5, 5.41) is 8.32. The SMILES string of the molecule is Nc1cccc2c1C(=O)N(c1ccccc1/C=C/c1n[nH]c3ccccc13)C2=O. The number of nitrogens with two attached hydrogens (primary N) is 1. The summed E-state index contributed by atoms with van der Waals surface area (Å²) in [6, 6.07) is 20.0. The maximum absolute atomic E-state index is 13.0. The van der Waals surface area contributed by atoms with Crippen LogP contribution in [0.4, 0.5) is 11.4 Å². The Morgan fingerprint density at radius 2 is 1.66 bits per heavy atom. The van der Waals surface area contributed by atoms with Crippen LogP contribution in [0, 0.1) is 0 Å². The molecule has 6 heteroatoms. The zero-order valence-corrected chi connectivity index (χ0v) is 15.3. The second-order valence-corrected chi connectivity index (χ2v) is 6.76. The van der Waals surface area contributed by atoms with E-state index in [-0.39, 0.29) is 11.5 Å². The predicted molar refractivity (Wildman–Crippen MR) is 113 cm³/mol. The Hall–Kier alpha value is -4.19. The zero-order chi connectivity index (χ0) is 20.0. The van der Waals surface area contributed by atoms with Crippen LogP contribution in [0.2, 0.25) is 0 Å². The van der Waals surface area contributed by atoms with Gasteiger partial charge in [-0.05, 0) is 35.9 Å². The lowest BCUT2D eigenvalue weighted by atomic mass is 10.1. The topological polar surface area (TPSA) is 92.1 Å². The lowest BCUT2D eigenvalue weighted by Crippen LogP contribution is -2.30. The molecule has 1 aliphatic heterocycles. The number of para-hydroxylation sites is 2. The molecule has 4 aromatic rings. The summed E-state index contributed by atoms with van der Waals surface area (Å²) in [4.78, 5) is 27.1. The van der Waals surface area contributed by atoms with E-state index in [0.29, 0.717) is 16.9 Å². The van der Waals surface area contributed by atoms with Crippen LogP contribution in [0.15, 0.2) is 66.7 Å². The second kappa shape index (κ2) is 6.45. The molecule has 0 radical (unpaired) electrons. The highest BCUT2D eigenvalue weighted by atomic mass is 16.2. The first kappa shape index (κ1) is 16.9. The van der Waals surface area contributed by atoms with Gasteiger partial charge in [0.05, 0.1) is 28.0 Å². The summed E-state index contributed by atoms with van der Waals surface area (Å²) >= 11 is 0. The maximum atomic E-state index is 13.0. The van der Waals surface area contributed by atoms with E-state index < -0.39 is 5.91 Å². The lowest BCUT2D eigenvalue weighted by Gasteiger charge is -2.16. The maximum Gasteiger partial charge on any atom is 0.268 e. The normalized spacial score (nSPS) is 13.6. The summed E-state index contributed by atoms with van der Waals surface area (Å²) < 4.78 is 0. The molecule has 1 aromatic heterocycles. The Morgan fingerprint density at radius 1 is 0.862 bits per heavy atom. The molecule has 2 amide bonds. The number of aromatic amines is 1. The smallest absolute Gasteiger partial charge is 0.268 e. The fourth-order valence-corrected chi connectivity index (χ4v) is 3.64. The summed E-state index contributed by atoms with van der Waals surface area (Å²) in [7, 11) is 0. The minimum absolute atomic E-state index is 0.259. The molecular formula is C23H16N4O2. The van der Waals surface area contributed by atoms with E-state index in [9.17, 15) is 9.59 Å². The molecule has 6 nitrogen and oxygen atoms in total. The first-order valence-electron chi connectivity index (χ1n) is 9.12. The fourth-order valence-electron chi connectivity index (χ4n) is 3.64. The van der Waals surface area contributed by atoms with Gasteiger partial charge in [0.15, 0.2) is 0 Å².